The SMILES string of the molecule is COc1ccc(N2CCN(C(=O)NCc3ccc(C)s3)C(C)C2=O)cc1. The number of benzene rings is 1. The number of carbonyl (C=O) groups excluding carboxylic acids is 2. The zero-order valence-electron chi connectivity index (χ0n) is 15.2. The molecule has 3 amide bonds. The summed E-state index contributed by atoms with van der Waals surface area (Å²) in [6.07, 6.45) is 0. The van der Waals surface area contributed by atoms with Gasteiger partial charge in [0.2, 0.25) is 5.91 Å². The molecule has 7 heteroatoms. The second-order valence-corrected chi connectivity index (χ2v) is 7.60. The molecule has 1 atom stereocenters. The van der Waals surface area contributed by atoms with Crippen LogP contribution in [0, 0.1) is 6.92 Å². The number of carbonyl (C=O) groups is 2. The van der Waals surface area contributed by atoms with Gasteiger partial charge in [0.1, 0.15) is 11.8 Å². The number of thiophene rings is 1. The van der Waals surface area contributed by atoms with E-state index in [9.17, 15) is 9.59 Å². The number of nitrogens with one attached hydrogen (secondary N) is 1. The van der Waals surface area contributed by atoms with E-state index in [4.69, 9.17) is 4.74 Å². The second kappa shape index (κ2) is 7.78. The summed E-state index contributed by atoms with van der Waals surface area (Å²) < 4.78 is 5.15. The van der Waals surface area contributed by atoms with Gasteiger partial charge in [-0.2, -0.15) is 0 Å². The van der Waals surface area contributed by atoms with Crippen LogP contribution in [0.3, 0.4) is 0 Å². The van der Waals surface area contributed by atoms with Crippen LogP contribution in [0.2, 0.25) is 0 Å². The van der Waals surface area contributed by atoms with E-state index in [2.05, 4.69) is 5.32 Å². The summed E-state index contributed by atoms with van der Waals surface area (Å²) in [4.78, 5) is 30.9. The standard InChI is InChI=1S/C19H23N3O3S/c1-13-4-9-17(26-13)12-20-19(24)21-10-11-22(18(23)14(21)2)15-5-7-16(25-3)8-6-15/h4-9,14H,10-12H2,1-3H3,(H,20,24). The van der Waals surface area contributed by atoms with Crippen LogP contribution in [-0.2, 0) is 11.3 Å². The van der Waals surface area contributed by atoms with E-state index in [1.807, 2.05) is 43.3 Å². The fraction of sp³-hybridized carbons (Fsp3) is 0.368. The number of hydrogen-bond donors (Lipinski definition) is 1. The molecule has 3 rings (SSSR count). The Morgan fingerprint density at radius 3 is 2.58 bits per heavy atom. The van der Waals surface area contributed by atoms with Gasteiger partial charge in [-0.15, -0.1) is 11.3 Å². The van der Waals surface area contributed by atoms with Gasteiger partial charge in [-0.1, -0.05) is 0 Å². The van der Waals surface area contributed by atoms with E-state index in [1.165, 1.54) is 4.88 Å². The fourth-order valence-corrected chi connectivity index (χ4v) is 3.84. The van der Waals surface area contributed by atoms with Crippen molar-refractivity contribution in [3.63, 3.8) is 0 Å². The number of piperazine rings is 1. The van der Waals surface area contributed by atoms with E-state index in [-0.39, 0.29) is 11.9 Å². The lowest BCUT2D eigenvalue weighted by Gasteiger charge is -2.39. The maximum absolute atomic E-state index is 12.7. The molecule has 0 saturated carbocycles. The molecule has 26 heavy (non-hydrogen) atoms. The molecule has 1 unspecified atom stereocenters. The third kappa shape index (κ3) is 3.83. The van der Waals surface area contributed by atoms with Gasteiger partial charge in [0.25, 0.3) is 0 Å². The number of rotatable bonds is 4. The van der Waals surface area contributed by atoms with E-state index < -0.39 is 6.04 Å². The highest BCUT2D eigenvalue weighted by molar-refractivity contribution is 7.11. The Labute approximate surface area is 157 Å². The van der Waals surface area contributed by atoms with Crippen LogP contribution >= 0.6 is 11.3 Å². The lowest BCUT2D eigenvalue weighted by Crippen LogP contribution is -2.59. The summed E-state index contributed by atoms with van der Waals surface area (Å²) >= 11 is 1.66. The molecule has 0 aliphatic carbocycles. The van der Waals surface area contributed by atoms with Crippen molar-refractivity contribution in [3.05, 3.63) is 46.2 Å². The van der Waals surface area contributed by atoms with E-state index in [1.54, 1.807) is 35.2 Å². The van der Waals surface area contributed by atoms with Gasteiger partial charge in [0.15, 0.2) is 0 Å². The van der Waals surface area contributed by atoms with Crippen molar-refractivity contribution in [2.24, 2.45) is 0 Å². The molecular weight excluding hydrogens is 350 g/mol. The Balaban J connectivity index is 1.62. The molecular formula is C19H23N3O3S. The predicted molar refractivity (Wildman–Crippen MR) is 103 cm³/mol. The average molecular weight is 373 g/mol. The molecule has 0 bridgehead atoms. The molecule has 1 fully saturated rings. The highest BCUT2D eigenvalue weighted by Crippen LogP contribution is 2.23. The molecule has 2 heterocycles. The number of amides is 3. The van der Waals surface area contributed by atoms with Gasteiger partial charge < -0.3 is 19.9 Å². The first kappa shape index (κ1) is 18.3. The monoisotopic (exact) mass is 373 g/mol. The number of aryl methyl sites for hydroxylation is 1. The number of ether oxygens (including phenoxy) is 1. The van der Waals surface area contributed by atoms with Crippen LogP contribution in [0.5, 0.6) is 5.75 Å². The van der Waals surface area contributed by atoms with Gasteiger partial charge >= 0.3 is 6.03 Å². The summed E-state index contributed by atoms with van der Waals surface area (Å²) in [5.74, 6) is 0.666. The molecule has 1 aliphatic rings. The van der Waals surface area contributed by atoms with Crippen LogP contribution < -0.4 is 15.0 Å². The quantitative estimate of drug-likeness (QED) is 0.896. The molecule has 1 aromatic heterocycles. The van der Waals surface area contributed by atoms with Gasteiger partial charge in [-0.3, -0.25) is 4.79 Å². The van der Waals surface area contributed by atoms with E-state index in [0.29, 0.717) is 19.6 Å². The Hall–Kier alpha value is -2.54. The third-order valence-corrected chi connectivity index (χ3v) is 5.51. The number of urea groups is 1. The average Bonchev–Trinajstić information content (AvgIpc) is 3.07. The van der Waals surface area contributed by atoms with Crippen LogP contribution in [0.4, 0.5) is 10.5 Å². The van der Waals surface area contributed by atoms with Crippen molar-refractivity contribution in [2.45, 2.75) is 26.4 Å². The topological polar surface area (TPSA) is 61.9 Å². The smallest absolute Gasteiger partial charge is 0.318 e. The van der Waals surface area contributed by atoms with Gasteiger partial charge in [0, 0.05) is 28.5 Å². The maximum Gasteiger partial charge on any atom is 0.318 e. The molecule has 1 aliphatic heterocycles. The maximum atomic E-state index is 12.7. The van der Waals surface area contributed by atoms with Crippen LogP contribution in [0.25, 0.3) is 0 Å². The summed E-state index contributed by atoms with van der Waals surface area (Å²) in [5.41, 5.74) is 0.816. The number of hydrogen-bond acceptors (Lipinski definition) is 4. The van der Waals surface area contributed by atoms with Crippen LogP contribution in [-0.4, -0.2) is 43.1 Å². The lowest BCUT2D eigenvalue weighted by molar-refractivity contribution is -0.124. The van der Waals surface area contributed by atoms with Gasteiger partial charge in [0.05, 0.1) is 13.7 Å². The molecule has 0 spiro atoms. The first-order valence-corrected chi connectivity index (χ1v) is 9.36. The molecule has 1 saturated heterocycles. The Morgan fingerprint density at radius 1 is 1.23 bits per heavy atom. The molecule has 0 radical (unpaired) electrons. The van der Waals surface area contributed by atoms with Crippen molar-refractivity contribution in [1.29, 1.82) is 0 Å². The Kier molecular flexibility index (Phi) is 5.46. The summed E-state index contributed by atoms with van der Waals surface area (Å²) in [6.45, 7) is 5.26. The molecule has 1 aromatic carbocycles. The number of nitrogens with zero attached hydrogens (tertiary/aromatic N) is 2. The summed E-state index contributed by atoms with van der Waals surface area (Å²) in [6, 6.07) is 10.7. The van der Waals surface area contributed by atoms with Gasteiger partial charge in [-0.25, -0.2) is 4.79 Å². The molecule has 1 N–H and O–H groups in total. The lowest BCUT2D eigenvalue weighted by atomic mass is 10.1. The Bertz CT molecular complexity index is 788. The normalized spacial score (nSPS) is 17.3. The van der Waals surface area contributed by atoms with Crippen molar-refractivity contribution in [1.82, 2.24) is 10.2 Å². The van der Waals surface area contributed by atoms with Gasteiger partial charge in [-0.05, 0) is 50.2 Å². The van der Waals surface area contributed by atoms with Crippen molar-refractivity contribution >= 4 is 29.0 Å². The van der Waals surface area contributed by atoms with Crippen LogP contribution in [0.1, 0.15) is 16.7 Å². The fourth-order valence-electron chi connectivity index (χ4n) is 3.01. The number of anilines is 1. The molecule has 138 valence electrons. The third-order valence-electron chi connectivity index (χ3n) is 4.51. The summed E-state index contributed by atoms with van der Waals surface area (Å²) in [5, 5.41) is 2.91. The highest BCUT2D eigenvalue weighted by atomic mass is 32.1. The van der Waals surface area contributed by atoms with E-state index >= 15 is 0 Å². The zero-order valence-corrected chi connectivity index (χ0v) is 16.0. The molecule has 6 nitrogen and oxygen atoms in total. The van der Waals surface area contributed by atoms with Crippen molar-refractivity contribution in [3.8, 4) is 5.75 Å². The predicted octanol–water partition coefficient (Wildman–Crippen LogP) is 3.01. The van der Waals surface area contributed by atoms with E-state index in [0.717, 1.165) is 16.3 Å². The first-order chi connectivity index (χ1) is 12.5. The minimum absolute atomic E-state index is 0.0801. The van der Waals surface area contributed by atoms with Crippen molar-refractivity contribution < 1.29 is 14.3 Å². The molecule has 2 aromatic rings. The highest BCUT2D eigenvalue weighted by Gasteiger charge is 2.34. The second-order valence-electron chi connectivity index (χ2n) is 6.23. The Morgan fingerprint density at radius 2 is 1.96 bits per heavy atom. The largest absolute Gasteiger partial charge is 0.497 e. The number of methoxy groups -OCH3 is 1. The summed E-state index contributed by atoms with van der Waals surface area (Å²) in [7, 11) is 1.61. The minimum Gasteiger partial charge on any atom is -0.497 e. The van der Waals surface area contributed by atoms with Crippen LogP contribution in [0.15, 0.2) is 36.4 Å². The van der Waals surface area contributed by atoms with Crippen molar-refractivity contribution in [2.75, 3.05) is 25.1 Å². The first-order valence-electron chi connectivity index (χ1n) is 8.55. The zero-order chi connectivity index (χ0) is 18.7. The minimum atomic E-state index is -0.504.